The molecule has 0 aromatic heterocycles. The molecule has 5 amide bonds. The van der Waals surface area contributed by atoms with Gasteiger partial charge in [-0.05, 0) is 55.4 Å². The minimum absolute atomic E-state index is 0.122. The maximum absolute atomic E-state index is 13.7. The van der Waals surface area contributed by atoms with Crippen molar-refractivity contribution in [1.82, 2.24) is 25.8 Å². The second-order valence-electron chi connectivity index (χ2n) is 12.3. The molecule has 248 valence electrons. The number of nitrogens with one attached hydrogen (secondary N) is 3. The second-order valence-corrected chi connectivity index (χ2v) is 12.3. The predicted molar refractivity (Wildman–Crippen MR) is 163 cm³/mol. The fraction of sp³-hybridized carbons (Fsp3) is 0.485. The minimum atomic E-state index is -4.53. The van der Waals surface area contributed by atoms with Crippen LogP contribution in [0.25, 0.3) is 0 Å². The number of rotatable bonds is 5. The molecule has 2 saturated heterocycles. The summed E-state index contributed by atoms with van der Waals surface area (Å²) in [6.45, 7) is 4.79. The van der Waals surface area contributed by atoms with Gasteiger partial charge in [-0.1, -0.05) is 56.3 Å². The highest BCUT2D eigenvalue weighted by Crippen LogP contribution is 2.29. The molecule has 4 atom stereocenters. The van der Waals surface area contributed by atoms with Gasteiger partial charge in [-0.2, -0.15) is 13.2 Å². The zero-order valence-electron chi connectivity index (χ0n) is 26.1. The van der Waals surface area contributed by atoms with Crippen molar-refractivity contribution in [2.75, 3.05) is 19.6 Å². The molecule has 2 aromatic rings. The smallest absolute Gasteiger partial charge is 0.349 e. The Morgan fingerprint density at radius 1 is 0.913 bits per heavy atom. The van der Waals surface area contributed by atoms with Crippen LogP contribution in [0.5, 0.6) is 0 Å². The Morgan fingerprint density at radius 3 is 2.22 bits per heavy atom. The fourth-order valence-corrected chi connectivity index (χ4v) is 5.83. The highest BCUT2D eigenvalue weighted by Gasteiger charge is 2.39. The zero-order valence-corrected chi connectivity index (χ0v) is 26.1. The standard InChI is InChI=1S/C33H40F3N5O5/c1-20(2)29-31(45)38-25(16-22-8-5-4-6-9-22)18-40(28(43)17-23-11-13-24(14-12-23)33(34,35)36)19-27(42)37-21(3)32(46)41-15-7-10-26(41)30(44)39-29/h4-6,8-9,11-14,20-21,25-26,29H,7,10,15-19H2,1-3H3,(H,37,42)(H,38,45)(H,39,44)/t21-,25-,26+,29-/m0/s1. The fourth-order valence-electron chi connectivity index (χ4n) is 5.83. The number of carbonyl (C=O) groups excluding carboxylic acids is 5. The number of alkyl halides is 3. The number of nitrogens with zero attached hydrogens (tertiary/aromatic N) is 2. The second kappa shape index (κ2) is 14.8. The van der Waals surface area contributed by atoms with Crippen molar-refractivity contribution in [3.05, 3.63) is 71.3 Å². The largest absolute Gasteiger partial charge is 0.416 e. The molecule has 13 heteroatoms. The molecule has 2 aliphatic heterocycles. The molecular weight excluding hydrogens is 603 g/mol. The Bertz CT molecular complexity index is 1420. The third-order valence-corrected chi connectivity index (χ3v) is 8.27. The summed E-state index contributed by atoms with van der Waals surface area (Å²) in [7, 11) is 0. The lowest BCUT2D eigenvalue weighted by Gasteiger charge is -2.31. The van der Waals surface area contributed by atoms with E-state index in [9.17, 15) is 37.1 Å². The van der Waals surface area contributed by atoms with E-state index in [0.717, 1.165) is 17.7 Å². The molecule has 0 aliphatic carbocycles. The maximum Gasteiger partial charge on any atom is 0.416 e. The molecule has 2 aliphatic rings. The van der Waals surface area contributed by atoms with Crippen LogP contribution in [-0.2, 0) is 43.0 Å². The molecule has 0 saturated carbocycles. The number of hydrogen-bond donors (Lipinski definition) is 3. The summed E-state index contributed by atoms with van der Waals surface area (Å²) in [5, 5.41) is 8.42. The highest BCUT2D eigenvalue weighted by atomic mass is 19.4. The normalized spacial score (nSPS) is 23.6. The van der Waals surface area contributed by atoms with Gasteiger partial charge in [0.15, 0.2) is 0 Å². The molecule has 2 heterocycles. The average molecular weight is 644 g/mol. The Balaban J connectivity index is 1.67. The van der Waals surface area contributed by atoms with Gasteiger partial charge in [0.25, 0.3) is 0 Å². The van der Waals surface area contributed by atoms with Gasteiger partial charge in [0.2, 0.25) is 29.5 Å². The first kappa shape index (κ1) is 34.5. The molecule has 0 radical (unpaired) electrons. The Hall–Kier alpha value is -4.42. The Labute approximate surface area is 266 Å². The highest BCUT2D eigenvalue weighted by molar-refractivity contribution is 5.95. The molecule has 4 rings (SSSR count). The van der Waals surface area contributed by atoms with Crippen LogP contribution in [0, 0.1) is 5.92 Å². The van der Waals surface area contributed by atoms with Gasteiger partial charge in [-0.25, -0.2) is 0 Å². The number of carbonyl (C=O) groups is 5. The molecule has 10 nitrogen and oxygen atoms in total. The van der Waals surface area contributed by atoms with Crippen molar-refractivity contribution >= 4 is 29.5 Å². The quantitative estimate of drug-likeness (QED) is 0.462. The Morgan fingerprint density at radius 2 is 1.59 bits per heavy atom. The van der Waals surface area contributed by atoms with Crippen LogP contribution in [-0.4, -0.2) is 83.1 Å². The lowest BCUT2D eigenvalue weighted by Crippen LogP contribution is -2.58. The first-order valence-electron chi connectivity index (χ1n) is 15.4. The van der Waals surface area contributed by atoms with Crippen molar-refractivity contribution in [2.24, 2.45) is 5.92 Å². The molecule has 2 aromatic carbocycles. The van der Waals surface area contributed by atoms with E-state index >= 15 is 0 Å². The van der Waals surface area contributed by atoms with Crippen LogP contribution in [0.2, 0.25) is 0 Å². The summed E-state index contributed by atoms with van der Waals surface area (Å²) >= 11 is 0. The lowest BCUT2D eigenvalue weighted by molar-refractivity contribution is -0.142. The molecule has 2 fully saturated rings. The van der Waals surface area contributed by atoms with Gasteiger partial charge in [0, 0.05) is 13.1 Å². The summed E-state index contributed by atoms with van der Waals surface area (Å²) in [5.74, 6) is -2.91. The minimum Gasteiger partial charge on any atom is -0.349 e. The van der Waals surface area contributed by atoms with Gasteiger partial charge in [-0.3, -0.25) is 24.0 Å². The third kappa shape index (κ3) is 8.85. The van der Waals surface area contributed by atoms with Gasteiger partial charge in [0.1, 0.15) is 18.1 Å². The lowest BCUT2D eigenvalue weighted by atomic mass is 10.00. The molecule has 0 bridgehead atoms. The van der Waals surface area contributed by atoms with Gasteiger partial charge < -0.3 is 25.8 Å². The number of fused-ring (bicyclic) bond motifs is 1. The average Bonchev–Trinajstić information content (AvgIpc) is 3.49. The van der Waals surface area contributed by atoms with E-state index in [0.29, 0.717) is 24.9 Å². The summed E-state index contributed by atoms with van der Waals surface area (Å²) in [6, 6.07) is 9.94. The molecule has 3 N–H and O–H groups in total. The molecule has 0 unspecified atom stereocenters. The topological polar surface area (TPSA) is 128 Å². The summed E-state index contributed by atoms with van der Waals surface area (Å²) in [5.41, 5.74) is 0.300. The molecular formula is C33H40F3N5O5. The molecule has 0 spiro atoms. The van der Waals surface area contributed by atoms with Crippen LogP contribution in [0.15, 0.2) is 54.6 Å². The van der Waals surface area contributed by atoms with E-state index < -0.39 is 72.0 Å². The van der Waals surface area contributed by atoms with E-state index in [-0.39, 0.29) is 25.3 Å². The van der Waals surface area contributed by atoms with Crippen LogP contribution in [0.3, 0.4) is 0 Å². The van der Waals surface area contributed by atoms with E-state index in [4.69, 9.17) is 0 Å². The van der Waals surface area contributed by atoms with E-state index in [1.165, 1.54) is 28.9 Å². The monoisotopic (exact) mass is 643 g/mol. The number of benzene rings is 2. The van der Waals surface area contributed by atoms with Crippen LogP contribution in [0.1, 0.15) is 50.3 Å². The van der Waals surface area contributed by atoms with Crippen LogP contribution < -0.4 is 16.0 Å². The third-order valence-electron chi connectivity index (χ3n) is 8.27. The van der Waals surface area contributed by atoms with Crippen molar-refractivity contribution in [3.63, 3.8) is 0 Å². The first-order chi connectivity index (χ1) is 21.7. The molecule has 46 heavy (non-hydrogen) atoms. The van der Waals surface area contributed by atoms with Crippen molar-refractivity contribution < 1.29 is 37.1 Å². The first-order valence-corrected chi connectivity index (χ1v) is 15.4. The van der Waals surface area contributed by atoms with Gasteiger partial charge >= 0.3 is 6.18 Å². The van der Waals surface area contributed by atoms with Crippen LogP contribution >= 0.6 is 0 Å². The van der Waals surface area contributed by atoms with Gasteiger partial charge in [0.05, 0.1) is 24.6 Å². The summed E-state index contributed by atoms with van der Waals surface area (Å²) < 4.78 is 39.3. The van der Waals surface area contributed by atoms with Crippen LogP contribution in [0.4, 0.5) is 13.2 Å². The van der Waals surface area contributed by atoms with Crippen molar-refractivity contribution in [1.29, 1.82) is 0 Å². The maximum atomic E-state index is 13.7. The van der Waals surface area contributed by atoms with Gasteiger partial charge in [-0.15, -0.1) is 0 Å². The van der Waals surface area contributed by atoms with E-state index in [1.807, 2.05) is 30.3 Å². The van der Waals surface area contributed by atoms with Crippen molar-refractivity contribution in [2.45, 2.75) is 76.8 Å². The number of halogens is 3. The number of hydrogen-bond acceptors (Lipinski definition) is 5. The zero-order chi connectivity index (χ0) is 33.6. The summed E-state index contributed by atoms with van der Waals surface area (Å²) in [4.78, 5) is 70.0. The van der Waals surface area contributed by atoms with Crippen molar-refractivity contribution in [3.8, 4) is 0 Å². The Kier molecular flexibility index (Phi) is 11.1. The SMILES string of the molecule is CC(C)[C@@H]1NC(=O)[C@H]2CCCN2C(=O)[C@H](C)NC(=O)CN(C(=O)Cc2ccc(C(F)(F)F)cc2)C[C@H](Cc2ccccc2)NC1=O. The van der Waals surface area contributed by atoms with E-state index in [1.54, 1.807) is 13.8 Å². The number of amides is 5. The van der Waals surface area contributed by atoms with E-state index in [2.05, 4.69) is 16.0 Å². The predicted octanol–water partition coefficient (Wildman–Crippen LogP) is 2.45. The summed E-state index contributed by atoms with van der Waals surface area (Å²) in [6.07, 6.45) is -3.57.